The van der Waals surface area contributed by atoms with E-state index in [1.165, 1.54) is 24.3 Å². The fraction of sp³-hybridized carbons (Fsp3) is 0.136. The molecule has 0 aliphatic rings. The van der Waals surface area contributed by atoms with Crippen LogP contribution in [0, 0.1) is 17.4 Å². The summed E-state index contributed by atoms with van der Waals surface area (Å²) in [4.78, 5) is 12.1. The standard InChI is InChI=1S/C22H21IN2O4S/c1-15-11-16(2)13-19(12-15)25-30(27,28)21-9-7-20(8-10-21)29-14-22(26)24-18-5-3-17(23)4-6-18/h3-13,25H,14H2,1-2H3,(H,24,26). The van der Waals surface area contributed by atoms with Gasteiger partial charge in [-0.15, -0.1) is 0 Å². The average molecular weight is 536 g/mol. The maximum atomic E-state index is 12.6. The first-order valence-corrected chi connectivity index (χ1v) is 11.7. The van der Waals surface area contributed by atoms with Crippen LogP contribution in [0.3, 0.4) is 0 Å². The Labute approximate surface area is 189 Å². The van der Waals surface area contributed by atoms with Gasteiger partial charge in [0.25, 0.3) is 15.9 Å². The first-order chi connectivity index (χ1) is 14.2. The number of anilines is 2. The highest BCUT2D eigenvalue weighted by molar-refractivity contribution is 14.1. The maximum absolute atomic E-state index is 12.6. The molecule has 0 saturated carbocycles. The fourth-order valence-electron chi connectivity index (χ4n) is 2.84. The molecule has 3 rings (SSSR count). The smallest absolute Gasteiger partial charge is 0.262 e. The predicted molar refractivity (Wildman–Crippen MR) is 126 cm³/mol. The minimum absolute atomic E-state index is 0.109. The van der Waals surface area contributed by atoms with E-state index in [1.807, 2.05) is 44.2 Å². The van der Waals surface area contributed by atoms with E-state index in [0.717, 1.165) is 14.7 Å². The second-order valence-corrected chi connectivity index (χ2v) is 9.73. The molecule has 0 aromatic heterocycles. The van der Waals surface area contributed by atoms with E-state index in [2.05, 4.69) is 32.6 Å². The molecule has 3 aromatic carbocycles. The molecule has 6 nitrogen and oxygen atoms in total. The quantitative estimate of drug-likeness (QED) is 0.428. The highest BCUT2D eigenvalue weighted by atomic mass is 127. The van der Waals surface area contributed by atoms with Gasteiger partial charge in [0.2, 0.25) is 0 Å². The zero-order chi connectivity index (χ0) is 21.7. The zero-order valence-electron chi connectivity index (χ0n) is 16.5. The second-order valence-electron chi connectivity index (χ2n) is 6.80. The van der Waals surface area contributed by atoms with Crippen LogP contribution < -0.4 is 14.8 Å². The van der Waals surface area contributed by atoms with E-state index in [9.17, 15) is 13.2 Å². The van der Waals surface area contributed by atoms with Crippen LogP contribution in [-0.4, -0.2) is 20.9 Å². The van der Waals surface area contributed by atoms with Crippen molar-refractivity contribution in [2.24, 2.45) is 0 Å². The molecule has 3 aromatic rings. The van der Waals surface area contributed by atoms with E-state index in [-0.39, 0.29) is 17.4 Å². The van der Waals surface area contributed by atoms with Crippen LogP contribution in [0.1, 0.15) is 11.1 Å². The van der Waals surface area contributed by atoms with Gasteiger partial charge in [-0.1, -0.05) is 6.07 Å². The number of carbonyl (C=O) groups is 1. The molecule has 0 heterocycles. The van der Waals surface area contributed by atoms with Crippen molar-refractivity contribution in [3.05, 3.63) is 81.4 Å². The Morgan fingerprint density at radius 2 is 1.50 bits per heavy atom. The maximum Gasteiger partial charge on any atom is 0.262 e. The Kier molecular flexibility index (Phi) is 6.99. The summed E-state index contributed by atoms with van der Waals surface area (Å²) in [5.74, 6) is 0.0995. The van der Waals surface area contributed by atoms with Crippen LogP contribution in [0.15, 0.2) is 71.6 Å². The molecular weight excluding hydrogens is 515 g/mol. The number of benzene rings is 3. The van der Waals surface area contributed by atoms with Crippen molar-refractivity contribution in [2.45, 2.75) is 18.7 Å². The lowest BCUT2D eigenvalue weighted by atomic mass is 10.1. The summed E-state index contributed by atoms with van der Waals surface area (Å²) in [6.07, 6.45) is 0. The summed E-state index contributed by atoms with van der Waals surface area (Å²) in [5.41, 5.74) is 3.14. The number of hydrogen-bond acceptors (Lipinski definition) is 4. The van der Waals surface area contributed by atoms with Crippen LogP contribution in [0.4, 0.5) is 11.4 Å². The van der Waals surface area contributed by atoms with Gasteiger partial charge in [-0.3, -0.25) is 9.52 Å². The summed E-state index contributed by atoms with van der Waals surface area (Å²) in [6.45, 7) is 3.63. The molecule has 30 heavy (non-hydrogen) atoms. The fourth-order valence-corrected chi connectivity index (χ4v) is 4.24. The minimum Gasteiger partial charge on any atom is -0.484 e. The van der Waals surface area contributed by atoms with Gasteiger partial charge >= 0.3 is 0 Å². The molecule has 1 amide bonds. The average Bonchev–Trinajstić information content (AvgIpc) is 2.67. The topological polar surface area (TPSA) is 84.5 Å². The van der Waals surface area contributed by atoms with Gasteiger partial charge in [-0.25, -0.2) is 8.42 Å². The van der Waals surface area contributed by atoms with E-state index in [0.29, 0.717) is 17.1 Å². The van der Waals surface area contributed by atoms with Crippen molar-refractivity contribution in [1.29, 1.82) is 0 Å². The Morgan fingerprint density at radius 3 is 2.10 bits per heavy atom. The van der Waals surface area contributed by atoms with Crippen molar-refractivity contribution < 1.29 is 17.9 Å². The van der Waals surface area contributed by atoms with Gasteiger partial charge < -0.3 is 10.1 Å². The lowest BCUT2D eigenvalue weighted by Crippen LogP contribution is -2.20. The number of nitrogens with one attached hydrogen (secondary N) is 2. The summed E-state index contributed by atoms with van der Waals surface area (Å²) < 4.78 is 34.3. The molecule has 0 bridgehead atoms. The normalized spacial score (nSPS) is 11.0. The zero-order valence-corrected chi connectivity index (χ0v) is 19.5. The Balaban J connectivity index is 1.59. The number of ether oxygens (including phenoxy) is 1. The monoisotopic (exact) mass is 536 g/mol. The summed E-state index contributed by atoms with van der Waals surface area (Å²) in [5, 5.41) is 2.74. The molecule has 2 N–H and O–H groups in total. The molecule has 8 heteroatoms. The summed E-state index contributed by atoms with van der Waals surface area (Å²) in [7, 11) is -3.72. The third-order valence-corrected chi connectivity index (χ3v) is 6.22. The summed E-state index contributed by atoms with van der Waals surface area (Å²) >= 11 is 2.19. The number of aryl methyl sites for hydroxylation is 2. The van der Waals surface area contributed by atoms with E-state index >= 15 is 0 Å². The summed E-state index contributed by atoms with van der Waals surface area (Å²) in [6, 6.07) is 18.8. The van der Waals surface area contributed by atoms with E-state index in [1.54, 1.807) is 12.1 Å². The van der Waals surface area contributed by atoms with Crippen molar-refractivity contribution in [2.75, 3.05) is 16.6 Å². The molecule has 0 aliphatic carbocycles. The highest BCUT2D eigenvalue weighted by Crippen LogP contribution is 2.21. The number of hydrogen-bond donors (Lipinski definition) is 2. The molecule has 0 atom stereocenters. The molecule has 0 unspecified atom stereocenters. The lowest BCUT2D eigenvalue weighted by Gasteiger charge is -2.11. The highest BCUT2D eigenvalue weighted by Gasteiger charge is 2.15. The van der Waals surface area contributed by atoms with Gasteiger partial charge in [-0.2, -0.15) is 0 Å². The molecule has 0 fully saturated rings. The number of carbonyl (C=O) groups excluding carboxylic acids is 1. The van der Waals surface area contributed by atoms with E-state index < -0.39 is 10.0 Å². The van der Waals surface area contributed by atoms with E-state index in [4.69, 9.17) is 4.74 Å². The van der Waals surface area contributed by atoms with Crippen LogP contribution >= 0.6 is 22.6 Å². The Bertz CT molecular complexity index is 1120. The van der Waals surface area contributed by atoms with Gasteiger partial charge in [0.15, 0.2) is 6.61 Å². The number of amides is 1. The van der Waals surface area contributed by atoms with Gasteiger partial charge in [-0.05, 0) is 108 Å². The lowest BCUT2D eigenvalue weighted by molar-refractivity contribution is -0.118. The van der Waals surface area contributed by atoms with Gasteiger partial charge in [0, 0.05) is 14.9 Å². The molecule has 156 valence electrons. The van der Waals surface area contributed by atoms with Gasteiger partial charge in [0.05, 0.1) is 4.90 Å². The molecule has 0 saturated heterocycles. The molecule has 0 aliphatic heterocycles. The van der Waals surface area contributed by atoms with Crippen molar-refractivity contribution in [3.8, 4) is 5.75 Å². The van der Waals surface area contributed by atoms with Crippen molar-refractivity contribution >= 4 is 49.9 Å². The first-order valence-electron chi connectivity index (χ1n) is 9.11. The van der Waals surface area contributed by atoms with Crippen LogP contribution in [0.2, 0.25) is 0 Å². The number of sulfonamides is 1. The molecule has 0 spiro atoms. The second kappa shape index (κ2) is 9.48. The van der Waals surface area contributed by atoms with Crippen molar-refractivity contribution in [1.82, 2.24) is 0 Å². The van der Waals surface area contributed by atoms with Crippen LogP contribution in [-0.2, 0) is 14.8 Å². The first kappa shape index (κ1) is 22.1. The predicted octanol–water partition coefficient (Wildman–Crippen LogP) is 4.73. The largest absolute Gasteiger partial charge is 0.484 e. The van der Waals surface area contributed by atoms with Gasteiger partial charge in [0.1, 0.15) is 5.75 Å². The molecule has 0 radical (unpaired) electrons. The Morgan fingerprint density at radius 1 is 0.900 bits per heavy atom. The molecular formula is C22H21IN2O4S. The Hall–Kier alpha value is -2.59. The third kappa shape index (κ3) is 6.20. The number of rotatable bonds is 7. The van der Waals surface area contributed by atoms with Crippen molar-refractivity contribution in [3.63, 3.8) is 0 Å². The minimum atomic E-state index is -3.72. The van der Waals surface area contributed by atoms with Crippen LogP contribution in [0.25, 0.3) is 0 Å². The SMILES string of the molecule is Cc1cc(C)cc(NS(=O)(=O)c2ccc(OCC(=O)Nc3ccc(I)cc3)cc2)c1. The third-order valence-electron chi connectivity index (χ3n) is 4.11. The number of halogens is 1. The van der Waals surface area contributed by atoms with Crippen LogP contribution in [0.5, 0.6) is 5.75 Å².